The molecule has 0 saturated heterocycles. The van der Waals surface area contributed by atoms with Gasteiger partial charge in [-0.25, -0.2) is 5.43 Å². The third-order valence-corrected chi connectivity index (χ3v) is 3.82. The predicted molar refractivity (Wildman–Crippen MR) is 107 cm³/mol. The number of ether oxygens (including phenoxy) is 1. The summed E-state index contributed by atoms with van der Waals surface area (Å²) in [6, 6.07) is 17.0. The van der Waals surface area contributed by atoms with Gasteiger partial charge in [0.05, 0.1) is 18.5 Å². The Balaban J connectivity index is 1.96. The maximum atomic E-state index is 12.4. The van der Waals surface area contributed by atoms with Crippen molar-refractivity contribution in [2.24, 2.45) is 5.10 Å². The lowest BCUT2D eigenvalue weighted by Gasteiger charge is -2.18. The van der Waals surface area contributed by atoms with Crippen LogP contribution in [-0.2, 0) is 4.79 Å². The summed E-state index contributed by atoms with van der Waals surface area (Å²) in [5, 5.41) is 7.36. The normalized spacial score (nSPS) is 12.7. The summed E-state index contributed by atoms with van der Waals surface area (Å²) in [5.41, 5.74) is 5.20. The quantitative estimate of drug-likeness (QED) is 0.556. The van der Waals surface area contributed by atoms with Crippen molar-refractivity contribution >= 4 is 23.4 Å². The molecule has 0 saturated carbocycles. The van der Waals surface area contributed by atoms with Crippen LogP contribution in [0.4, 0.5) is 5.69 Å². The van der Waals surface area contributed by atoms with Crippen LogP contribution >= 0.6 is 0 Å². The van der Waals surface area contributed by atoms with Crippen molar-refractivity contribution in [3.8, 4) is 5.75 Å². The van der Waals surface area contributed by atoms with Crippen LogP contribution in [0.1, 0.15) is 25.8 Å². The van der Waals surface area contributed by atoms with Crippen molar-refractivity contribution in [3.63, 3.8) is 0 Å². The fourth-order valence-electron chi connectivity index (χ4n) is 2.34. The number of anilines is 1. The maximum Gasteiger partial charge on any atom is 0.262 e. The average Bonchev–Trinajstić information content (AvgIpc) is 2.69. The number of hydrogen-bond acceptors (Lipinski definition) is 4. The van der Waals surface area contributed by atoms with E-state index >= 15 is 0 Å². The molecule has 2 aromatic rings. The van der Waals surface area contributed by atoms with Gasteiger partial charge >= 0.3 is 0 Å². The fourth-order valence-corrected chi connectivity index (χ4v) is 2.34. The number of carbonyl (C=O) groups is 1. The number of methoxy groups -OCH3 is 1. The monoisotopic (exact) mass is 351 g/mol. The second-order valence-electron chi connectivity index (χ2n) is 5.78. The van der Waals surface area contributed by atoms with E-state index in [4.69, 9.17) is 4.74 Å². The van der Waals surface area contributed by atoms with E-state index in [1.165, 1.54) is 0 Å². The molecule has 5 heteroatoms. The Kier molecular flexibility index (Phi) is 7.43. The summed E-state index contributed by atoms with van der Waals surface area (Å²) in [6.45, 7) is 3.78. The second-order valence-corrected chi connectivity index (χ2v) is 5.78. The van der Waals surface area contributed by atoms with Gasteiger partial charge in [-0.05, 0) is 37.1 Å². The minimum Gasteiger partial charge on any atom is -0.495 e. The largest absolute Gasteiger partial charge is 0.495 e. The molecule has 0 aliphatic carbocycles. The lowest BCUT2D eigenvalue weighted by molar-refractivity contribution is -0.121. The average molecular weight is 351 g/mol. The zero-order chi connectivity index (χ0) is 18.8. The zero-order valence-corrected chi connectivity index (χ0v) is 15.4. The molecule has 5 nitrogen and oxygen atoms in total. The number of hydrazone groups is 1. The number of nitrogens with one attached hydrogen (secondary N) is 2. The van der Waals surface area contributed by atoms with E-state index in [0.717, 1.165) is 11.3 Å². The van der Waals surface area contributed by atoms with E-state index < -0.39 is 6.04 Å². The summed E-state index contributed by atoms with van der Waals surface area (Å²) in [5.74, 6) is 0.509. The van der Waals surface area contributed by atoms with Crippen molar-refractivity contribution in [2.45, 2.75) is 26.3 Å². The number of amides is 1. The fraction of sp³-hybridized carbons (Fsp3) is 0.238. The number of para-hydroxylation sites is 2. The molecule has 26 heavy (non-hydrogen) atoms. The Morgan fingerprint density at radius 1 is 1.15 bits per heavy atom. The number of carbonyl (C=O) groups excluding carboxylic acids is 1. The van der Waals surface area contributed by atoms with Crippen molar-refractivity contribution in [3.05, 3.63) is 66.2 Å². The molecule has 2 rings (SSSR count). The SMILES string of the molecule is CCC(Nc1ccccc1OC)C(=O)NN=C(C)C=Cc1ccccc1. The van der Waals surface area contributed by atoms with Crippen LogP contribution in [0.25, 0.3) is 6.08 Å². The van der Waals surface area contributed by atoms with Crippen LogP contribution in [0.3, 0.4) is 0 Å². The summed E-state index contributed by atoms with van der Waals surface area (Å²) >= 11 is 0. The first-order valence-electron chi connectivity index (χ1n) is 8.61. The van der Waals surface area contributed by atoms with Crippen LogP contribution < -0.4 is 15.5 Å². The molecule has 2 aromatic carbocycles. The highest BCUT2D eigenvalue weighted by Gasteiger charge is 2.17. The smallest absolute Gasteiger partial charge is 0.262 e. The molecule has 2 N–H and O–H groups in total. The van der Waals surface area contributed by atoms with Gasteiger partial charge in [-0.2, -0.15) is 5.10 Å². The molecule has 1 atom stereocenters. The van der Waals surface area contributed by atoms with E-state index in [-0.39, 0.29) is 5.91 Å². The molecule has 0 bridgehead atoms. The first kappa shape index (κ1) is 19.2. The second kappa shape index (κ2) is 10.0. The van der Waals surface area contributed by atoms with Crippen LogP contribution in [0.5, 0.6) is 5.75 Å². The van der Waals surface area contributed by atoms with Crippen LogP contribution in [-0.4, -0.2) is 24.8 Å². The Hall–Kier alpha value is -3.08. The standard InChI is InChI=1S/C21H25N3O2/c1-4-18(22-19-12-8-9-13-20(19)26-3)21(25)24-23-16(2)14-15-17-10-6-5-7-11-17/h5-15,18,22H,4H2,1-3H3,(H,24,25). The van der Waals surface area contributed by atoms with Gasteiger partial charge in [0.1, 0.15) is 11.8 Å². The molecule has 0 fully saturated rings. The topological polar surface area (TPSA) is 62.7 Å². The third kappa shape index (κ3) is 5.77. The molecule has 0 radical (unpaired) electrons. The van der Waals surface area contributed by atoms with Gasteiger partial charge < -0.3 is 10.1 Å². The summed E-state index contributed by atoms with van der Waals surface area (Å²) in [4.78, 5) is 12.4. The predicted octanol–water partition coefficient (Wildman–Crippen LogP) is 4.09. The molecule has 136 valence electrons. The summed E-state index contributed by atoms with van der Waals surface area (Å²) in [6.07, 6.45) is 4.44. The van der Waals surface area contributed by atoms with Crippen LogP contribution in [0, 0.1) is 0 Å². The maximum absolute atomic E-state index is 12.4. The van der Waals surface area contributed by atoms with Gasteiger partial charge in [-0.15, -0.1) is 0 Å². The molecular formula is C21H25N3O2. The Morgan fingerprint density at radius 2 is 1.85 bits per heavy atom. The van der Waals surface area contributed by atoms with Crippen LogP contribution in [0.15, 0.2) is 65.8 Å². The molecule has 0 aliphatic heterocycles. The molecule has 0 aromatic heterocycles. The van der Waals surface area contributed by atoms with Crippen molar-refractivity contribution in [1.29, 1.82) is 0 Å². The highest BCUT2D eigenvalue weighted by atomic mass is 16.5. The third-order valence-electron chi connectivity index (χ3n) is 3.82. The lowest BCUT2D eigenvalue weighted by atomic mass is 10.2. The Bertz CT molecular complexity index is 770. The first-order valence-corrected chi connectivity index (χ1v) is 8.61. The Morgan fingerprint density at radius 3 is 2.54 bits per heavy atom. The molecule has 1 unspecified atom stereocenters. The summed E-state index contributed by atoms with van der Waals surface area (Å²) < 4.78 is 5.31. The molecular weight excluding hydrogens is 326 g/mol. The highest BCUT2D eigenvalue weighted by Crippen LogP contribution is 2.24. The van der Waals surface area contributed by atoms with Gasteiger partial charge in [-0.3, -0.25) is 4.79 Å². The number of allylic oxidation sites excluding steroid dienone is 1. The molecule has 0 heterocycles. The van der Waals surface area contributed by atoms with E-state index in [0.29, 0.717) is 17.9 Å². The number of hydrogen-bond donors (Lipinski definition) is 2. The summed E-state index contributed by atoms with van der Waals surface area (Å²) in [7, 11) is 1.61. The van der Waals surface area contributed by atoms with Gasteiger partial charge in [-0.1, -0.05) is 55.5 Å². The van der Waals surface area contributed by atoms with Gasteiger partial charge in [0, 0.05) is 0 Å². The first-order chi connectivity index (χ1) is 12.6. The van der Waals surface area contributed by atoms with E-state index in [1.807, 2.05) is 80.6 Å². The lowest BCUT2D eigenvalue weighted by Crippen LogP contribution is -2.37. The number of nitrogens with zero attached hydrogens (tertiary/aromatic N) is 1. The van der Waals surface area contributed by atoms with E-state index in [9.17, 15) is 4.79 Å². The van der Waals surface area contributed by atoms with Crippen LogP contribution in [0.2, 0.25) is 0 Å². The number of benzene rings is 2. The molecule has 1 amide bonds. The zero-order valence-electron chi connectivity index (χ0n) is 15.4. The number of rotatable bonds is 8. The highest BCUT2D eigenvalue weighted by molar-refractivity contribution is 5.97. The molecule has 0 aliphatic rings. The Labute approximate surface area is 154 Å². The van der Waals surface area contributed by atoms with Crippen molar-refractivity contribution in [1.82, 2.24) is 5.43 Å². The minimum atomic E-state index is -0.402. The van der Waals surface area contributed by atoms with Gasteiger partial charge in [0.2, 0.25) is 0 Å². The van der Waals surface area contributed by atoms with Crippen molar-refractivity contribution in [2.75, 3.05) is 12.4 Å². The minimum absolute atomic E-state index is 0.189. The van der Waals surface area contributed by atoms with E-state index in [2.05, 4.69) is 15.8 Å². The van der Waals surface area contributed by atoms with Gasteiger partial charge in [0.25, 0.3) is 5.91 Å². The van der Waals surface area contributed by atoms with Crippen molar-refractivity contribution < 1.29 is 9.53 Å². The molecule has 0 spiro atoms. The van der Waals surface area contributed by atoms with Gasteiger partial charge in [0.15, 0.2) is 0 Å². The van der Waals surface area contributed by atoms with E-state index in [1.54, 1.807) is 7.11 Å².